The van der Waals surface area contributed by atoms with E-state index in [1.807, 2.05) is 34.9 Å². The maximum atomic E-state index is 8.50. The third kappa shape index (κ3) is 4.37. The number of aliphatic hydroxyl groups excluding tert-OH is 1. The van der Waals surface area contributed by atoms with E-state index in [2.05, 4.69) is 0 Å². The summed E-state index contributed by atoms with van der Waals surface area (Å²) in [7, 11) is 1.95. The molecule has 0 unspecified atom stereocenters. The summed E-state index contributed by atoms with van der Waals surface area (Å²) >= 11 is 0. The molecule has 0 saturated heterocycles. The maximum absolute atomic E-state index is 8.50. The molecule has 7 nitrogen and oxygen atoms in total. The highest BCUT2D eigenvalue weighted by atomic mass is 16.3. The number of imidazole rings is 1. The number of nitriles is 4. The monoisotopic (exact) mass is 242 g/mol. The van der Waals surface area contributed by atoms with Gasteiger partial charge in [0.05, 0.1) is 13.7 Å². The number of rotatable bonds is 2. The van der Waals surface area contributed by atoms with E-state index < -0.39 is 6.15 Å². The van der Waals surface area contributed by atoms with Gasteiger partial charge >= 0.3 is 6.15 Å². The highest BCUT2D eigenvalue weighted by molar-refractivity contribution is 7.05. The summed E-state index contributed by atoms with van der Waals surface area (Å²) in [6, 6.07) is 0. The van der Waals surface area contributed by atoms with E-state index in [0.29, 0.717) is 6.54 Å². The Kier molecular flexibility index (Phi) is 6.30. The van der Waals surface area contributed by atoms with Gasteiger partial charge in [-0.1, -0.05) is 0 Å². The highest BCUT2D eigenvalue weighted by Crippen LogP contribution is 1.92. The molecule has 1 aromatic heterocycles. The van der Waals surface area contributed by atoms with Gasteiger partial charge in [-0.15, -0.1) is 23.9 Å². The first-order valence-corrected chi connectivity index (χ1v) is 4.99. The third-order valence-electron chi connectivity index (χ3n) is 1.96. The molecule has 1 aromatic rings. The number of aromatic nitrogens is 2. The Morgan fingerprint density at radius 3 is 1.89 bits per heavy atom. The van der Waals surface area contributed by atoms with E-state index in [0.717, 1.165) is 0 Å². The Morgan fingerprint density at radius 2 is 1.67 bits per heavy atom. The lowest BCUT2D eigenvalue weighted by molar-refractivity contribution is -0.671. The van der Waals surface area contributed by atoms with Crippen LogP contribution in [-0.2, 0) is 13.6 Å². The van der Waals surface area contributed by atoms with Crippen LogP contribution in [0.15, 0.2) is 18.7 Å². The fourth-order valence-electron chi connectivity index (χ4n) is 0.923. The molecule has 0 aliphatic carbocycles. The predicted octanol–water partition coefficient (Wildman–Crippen LogP) is -1.01. The molecular weight excluding hydrogens is 231 g/mol. The van der Waals surface area contributed by atoms with Crippen molar-refractivity contribution in [1.29, 1.82) is 21.0 Å². The Hall–Kier alpha value is -2.81. The van der Waals surface area contributed by atoms with Crippen LogP contribution in [0.3, 0.4) is 0 Å². The molecule has 0 radical (unpaired) electrons. The summed E-state index contributed by atoms with van der Waals surface area (Å²) in [6.07, 6.45) is 3.07. The van der Waals surface area contributed by atoms with Crippen molar-refractivity contribution in [3.05, 3.63) is 18.7 Å². The van der Waals surface area contributed by atoms with Gasteiger partial charge in [0.2, 0.25) is 6.33 Å². The van der Waals surface area contributed by atoms with Crippen molar-refractivity contribution >= 4 is 6.15 Å². The van der Waals surface area contributed by atoms with Gasteiger partial charge in [-0.2, -0.15) is 0 Å². The first-order valence-electron chi connectivity index (χ1n) is 4.99. The van der Waals surface area contributed by atoms with Crippen LogP contribution in [0.4, 0.5) is 0 Å². The average Bonchev–Trinajstić information content (AvgIpc) is 2.80. The van der Waals surface area contributed by atoms with Gasteiger partial charge in [0, 0.05) is 0 Å². The molecule has 1 N–H and O–H groups in total. The first-order chi connectivity index (χ1) is 8.57. The summed E-state index contributed by atoms with van der Waals surface area (Å²) in [5.41, 5.74) is 0. The van der Waals surface area contributed by atoms with Crippen molar-refractivity contribution in [3.63, 3.8) is 0 Å². The molecule has 0 amide bonds. The second kappa shape index (κ2) is 7.47. The molecule has 0 bridgehead atoms. The van der Waals surface area contributed by atoms with Gasteiger partial charge in [-0.3, -0.25) is 0 Å². The van der Waals surface area contributed by atoms with Crippen molar-refractivity contribution in [3.8, 4) is 23.9 Å². The molecule has 0 atom stereocenters. The molecular formula is C10H11BN6O. The van der Waals surface area contributed by atoms with Gasteiger partial charge < -0.3 is 5.11 Å². The summed E-state index contributed by atoms with van der Waals surface area (Å²) in [6.45, 7) is 0.884. The van der Waals surface area contributed by atoms with Crippen LogP contribution in [-0.4, -0.2) is 22.4 Å². The molecule has 0 aliphatic rings. The lowest BCUT2D eigenvalue weighted by Gasteiger charge is -1.98. The van der Waals surface area contributed by atoms with Crippen molar-refractivity contribution in [2.75, 3.05) is 6.61 Å². The Labute approximate surface area is 105 Å². The van der Waals surface area contributed by atoms with E-state index in [9.17, 15) is 0 Å². The molecule has 0 aliphatic heterocycles. The van der Waals surface area contributed by atoms with E-state index in [-0.39, 0.29) is 6.61 Å². The number of aryl methyl sites for hydroxylation is 1. The standard InChI is InChI=1S/C6H11N2O.C4BN4/c1-7-2-3-8(6-7)4-5-9;6-1-5(2-7,3-8)4-9/h2-3,6,9H,4-5H2,1H3;/q+1;-1. The topological polar surface area (TPSA) is 124 Å². The summed E-state index contributed by atoms with van der Waals surface area (Å²) in [4.78, 5) is 0. The zero-order chi connectivity index (χ0) is 14.0. The molecule has 1 rings (SSSR count). The van der Waals surface area contributed by atoms with Gasteiger partial charge in [0.15, 0.2) is 0 Å². The molecule has 0 fully saturated rings. The van der Waals surface area contributed by atoms with Crippen molar-refractivity contribution < 1.29 is 9.67 Å². The minimum atomic E-state index is -2.72. The van der Waals surface area contributed by atoms with Gasteiger partial charge in [-0.25, -0.2) is 30.2 Å². The Bertz CT molecular complexity index is 491. The fraction of sp³-hybridized carbons (Fsp3) is 0.300. The average molecular weight is 242 g/mol. The summed E-state index contributed by atoms with van der Waals surface area (Å²) < 4.78 is 3.87. The van der Waals surface area contributed by atoms with Crippen molar-refractivity contribution in [2.45, 2.75) is 6.54 Å². The zero-order valence-corrected chi connectivity index (χ0v) is 9.85. The molecule has 90 valence electrons. The van der Waals surface area contributed by atoms with Gasteiger partial charge in [-0.05, 0) is 0 Å². The SMILES string of the molecule is C[n+]1ccn(CCO)c1.N#C[B-](C#N)(C#N)C#N. The predicted molar refractivity (Wildman–Crippen MR) is 60.9 cm³/mol. The van der Waals surface area contributed by atoms with Gasteiger partial charge in [0.1, 0.15) is 18.9 Å². The fourth-order valence-corrected chi connectivity index (χ4v) is 0.923. The smallest absolute Gasteiger partial charge is 0.383 e. The Morgan fingerprint density at radius 1 is 1.17 bits per heavy atom. The van der Waals surface area contributed by atoms with Crippen LogP contribution < -0.4 is 4.57 Å². The normalized spacial score (nSPS) is 8.78. The van der Waals surface area contributed by atoms with Crippen molar-refractivity contribution in [1.82, 2.24) is 4.57 Å². The van der Waals surface area contributed by atoms with Gasteiger partial charge in [0.25, 0.3) is 0 Å². The van der Waals surface area contributed by atoms with E-state index in [1.54, 1.807) is 0 Å². The zero-order valence-electron chi connectivity index (χ0n) is 9.85. The van der Waals surface area contributed by atoms with Crippen LogP contribution >= 0.6 is 0 Å². The molecule has 1 heterocycles. The summed E-state index contributed by atoms with van der Waals surface area (Å²) in [5, 5.41) is 40.8. The maximum Gasteiger partial charge on any atom is 0.383 e. The van der Waals surface area contributed by atoms with Crippen molar-refractivity contribution in [2.24, 2.45) is 7.05 Å². The first kappa shape index (κ1) is 15.2. The molecule has 18 heavy (non-hydrogen) atoms. The van der Waals surface area contributed by atoms with Crippen LogP contribution in [0.5, 0.6) is 0 Å². The number of hydrogen-bond acceptors (Lipinski definition) is 5. The number of hydrogen-bond donors (Lipinski definition) is 1. The molecule has 0 aromatic carbocycles. The van der Waals surface area contributed by atoms with Crippen LogP contribution in [0.2, 0.25) is 0 Å². The minimum Gasteiger partial charge on any atom is -0.392 e. The second-order valence-corrected chi connectivity index (χ2v) is 3.42. The summed E-state index contributed by atoms with van der Waals surface area (Å²) in [5.74, 6) is 5.38. The number of nitrogens with zero attached hydrogens (tertiary/aromatic N) is 6. The quantitative estimate of drug-likeness (QED) is 0.525. The van der Waals surface area contributed by atoms with E-state index >= 15 is 0 Å². The highest BCUT2D eigenvalue weighted by Gasteiger charge is 2.22. The second-order valence-electron chi connectivity index (χ2n) is 3.42. The minimum absolute atomic E-state index is 0.203. The Balaban J connectivity index is 0.000000321. The lowest BCUT2D eigenvalue weighted by Crippen LogP contribution is -2.26. The van der Waals surface area contributed by atoms with Crippen LogP contribution in [0.25, 0.3) is 0 Å². The van der Waals surface area contributed by atoms with Crippen LogP contribution in [0.1, 0.15) is 0 Å². The molecule has 8 heteroatoms. The molecule has 0 spiro atoms. The van der Waals surface area contributed by atoms with Crippen LogP contribution in [0, 0.1) is 44.9 Å². The largest absolute Gasteiger partial charge is 0.392 e. The van der Waals surface area contributed by atoms with E-state index in [4.69, 9.17) is 26.2 Å². The molecule has 0 saturated carbocycles. The van der Waals surface area contributed by atoms with E-state index in [1.165, 1.54) is 23.9 Å². The lowest BCUT2D eigenvalue weighted by atomic mass is 9.30. The third-order valence-corrected chi connectivity index (χ3v) is 1.96. The number of aliphatic hydroxyl groups is 1.